The topological polar surface area (TPSA) is 84.6 Å². The van der Waals surface area contributed by atoms with Crippen LogP contribution in [0, 0.1) is 5.92 Å². The van der Waals surface area contributed by atoms with Gasteiger partial charge in [-0.05, 0) is 18.1 Å². The lowest BCUT2D eigenvalue weighted by atomic mass is 10.0. The number of ether oxygens (including phenoxy) is 1. The van der Waals surface area contributed by atoms with E-state index in [9.17, 15) is 9.90 Å². The lowest BCUT2D eigenvalue weighted by molar-refractivity contribution is 0.0896. The third-order valence-corrected chi connectivity index (χ3v) is 2.74. The number of nitrogens with one attached hydrogen (secondary N) is 1. The Kier molecular flexibility index (Phi) is 4.97. The van der Waals surface area contributed by atoms with Gasteiger partial charge in [-0.25, -0.2) is 0 Å². The second-order valence-electron chi connectivity index (χ2n) is 4.50. The van der Waals surface area contributed by atoms with E-state index in [1.54, 1.807) is 18.2 Å². The smallest absolute Gasteiger partial charge is 0.251 e. The van der Waals surface area contributed by atoms with Crippen molar-refractivity contribution in [3.63, 3.8) is 0 Å². The first-order valence-electron chi connectivity index (χ1n) is 5.84. The van der Waals surface area contributed by atoms with E-state index in [1.165, 1.54) is 7.11 Å². The average molecular weight is 252 g/mol. The fourth-order valence-electron chi connectivity index (χ4n) is 1.55. The number of nitrogen functional groups attached to an aromatic ring is 1. The number of hydrogen-bond donors (Lipinski definition) is 3. The SMILES string of the molecule is COc1cc(N)cc(C(=O)N[C@H](CO)C(C)C)c1. The Hall–Kier alpha value is -1.75. The number of carbonyl (C=O) groups excluding carboxylic acids is 1. The number of methoxy groups -OCH3 is 1. The van der Waals surface area contributed by atoms with E-state index in [0.29, 0.717) is 17.0 Å². The van der Waals surface area contributed by atoms with Crippen LogP contribution in [0.1, 0.15) is 24.2 Å². The fourth-order valence-corrected chi connectivity index (χ4v) is 1.55. The van der Waals surface area contributed by atoms with E-state index in [2.05, 4.69) is 5.32 Å². The number of rotatable bonds is 5. The molecule has 0 saturated carbocycles. The molecule has 0 aliphatic rings. The number of hydrogen-bond acceptors (Lipinski definition) is 4. The van der Waals surface area contributed by atoms with Crippen LogP contribution in [0.5, 0.6) is 5.75 Å². The van der Waals surface area contributed by atoms with Gasteiger partial charge in [0.2, 0.25) is 0 Å². The van der Waals surface area contributed by atoms with Crippen LogP contribution in [0.25, 0.3) is 0 Å². The number of amides is 1. The largest absolute Gasteiger partial charge is 0.497 e. The minimum Gasteiger partial charge on any atom is -0.497 e. The third-order valence-electron chi connectivity index (χ3n) is 2.74. The Morgan fingerprint density at radius 3 is 2.61 bits per heavy atom. The van der Waals surface area contributed by atoms with Gasteiger partial charge in [-0.1, -0.05) is 13.8 Å². The molecule has 1 aromatic rings. The molecule has 0 spiro atoms. The molecule has 5 heteroatoms. The third kappa shape index (κ3) is 3.63. The highest BCUT2D eigenvalue weighted by molar-refractivity contribution is 5.95. The summed E-state index contributed by atoms with van der Waals surface area (Å²) in [6.45, 7) is 3.77. The van der Waals surface area contributed by atoms with Crippen LogP contribution in [0.2, 0.25) is 0 Å². The molecule has 1 atom stereocenters. The Morgan fingerprint density at radius 1 is 1.44 bits per heavy atom. The molecule has 0 fully saturated rings. The van der Waals surface area contributed by atoms with Gasteiger partial charge < -0.3 is 20.9 Å². The van der Waals surface area contributed by atoms with Crippen LogP contribution in [-0.4, -0.2) is 30.8 Å². The first-order valence-corrected chi connectivity index (χ1v) is 5.84. The zero-order chi connectivity index (χ0) is 13.7. The number of carbonyl (C=O) groups is 1. The molecule has 1 rings (SSSR count). The molecule has 0 unspecified atom stereocenters. The number of benzene rings is 1. The number of nitrogens with two attached hydrogens (primary N) is 1. The van der Waals surface area contributed by atoms with Gasteiger partial charge in [0.05, 0.1) is 19.8 Å². The molecule has 18 heavy (non-hydrogen) atoms. The number of anilines is 1. The van der Waals surface area contributed by atoms with Gasteiger partial charge in [-0.15, -0.1) is 0 Å². The van der Waals surface area contributed by atoms with Crippen LogP contribution in [0.15, 0.2) is 18.2 Å². The minimum atomic E-state index is -0.273. The zero-order valence-corrected chi connectivity index (χ0v) is 10.9. The lowest BCUT2D eigenvalue weighted by Gasteiger charge is -2.20. The first kappa shape index (κ1) is 14.3. The molecule has 0 radical (unpaired) electrons. The van der Waals surface area contributed by atoms with E-state index >= 15 is 0 Å². The Balaban J connectivity index is 2.86. The van der Waals surface area contributed by atoms with Crippen LogP contribution in [-0.2, 0) is 0 Å². The highest BCUT2D eigenvalue weighted by Gasteiger charge is 2.16. The second kappa shape index (κ2) is 6.26. The summed E-state index contributed by atoms with van der Waals surface area (Å²) in [5.41, 5.74) is 6.57. The summed E-state index contributed by atoms with van der Waals surface area (Å²) in [4.78, 5) is 12.0. The quantitative estimate of drug-likeness (QED) is 0.683. The predicted molar refractivity (Wildman–Crippen MR) is 70.6 cm³/mol. The second-order valence-corrected chi connectivity index (χ2v) is 4.50. The van der Waals surface area contributed by atoms with Gasteiger partial charge in [0.25, 0.3) is 5.91 Å². The number of aliphatic hydroxyl groups is 1. The Morgan fingerprint density at radius 2 is 2.11 bits per heavy atom. The molecule has 0 saturated heterocycles. The molecule has 0 bridgehead atoms. The lowest BCUT2D eigenvalue weighted by Crippen LogP contribution is -2.41. The van der Waals surface area contributed by atoms with E-state index < -0.39 is 0 Å². The van der Waals surface area contributed by atoms with Gasteiger partial charge in [0.15, 0.2) is 0 Å². The van der Waals surface area contributed by atoms with Crippen molar-refractivity contribution in [2.75, 3.05) is 19.5 Å². The van der Waals surface area contributed by atoms with Gasteiger partial charge >= 0.3 is 0 Å². The molecule has 100 valence electrons. The highest BCUT2D eigenvalue weighted by atomic mass is 16.5. The van der Waals surface area contributed by atoms with E-state index in [4.69, 9.17) is 10.5 Å². The van der Waals surface area contributed by atoms with Crippen molar-refractivity contribution in [1.29, 1.82) is 0 Å². The zero-order valence-electron chi connectivity index (χ0n) is 10.9. The van der Waals surface area contributed by atoms with Crippen molar-refractivity contribution in [2.24, 2.45) is 5.92 Å². The molecular formula is C13H20N2O3. The summed E-state index contributed by atoms with van der Waals surface area (Å²) < 4.78 is 5.06. The van der Waals surface area contributed by atoms with Crippen LogP contribution < -0.4 is 15.8 Å². The van der Waals surface area contributed by atoms with Crippen molar-refractivity contribution < 1.29 is 14.6 Å². The summed E-state index contributed by atoms with van der Waals surface area (Å²) in [7, 11) is 1.51. The van der Waals surface area contributed by atoms with Gasteiger partial charge in [0, 0.05) is 17.3 Å². The summed E-state index contributed by atoms with van der Waals surface area (Å²) in [5.74, 6) is 0.417. The van der Waals surface area contributed by atoms with Gasteiger partial charge in [0.1, 0.15) is 5.75 Å². The van der Waals surface area contributed by atoms with Crippen molar-refractivity contribution in [3.05, 3.63) is 23.8 Å². The molecule has 0 aliphatic heterocycles. The fraction of sp³-hybridized carbons (Fsp3) is 0.462. The molecule has 4 N–H and O–H groups in total. The van der Waals surface area contributed by atoms with Crippen LogP contribution in [0.4, 0.5) is 5.69 Å². The molecule has 1 aromatic carbocycles. The molecule has 0 heterocycles. The van der Waals surface area contributed by atoms with E-state index in [1.807, 2.05) is 13.8 Å². The minimum absolute atomic E-state index is 0.0944. The predicted octanol–water partition coefficient (Wildman–Crippen LogP) is 1.02. The first-order chi connectivity index (χ1) is 8.47. The Bertz CT molecular complexity index is 419. The monoisotopic (exact) mass is 252 g/mol. The van der Waals surface area contributed by atoms with Crippen molar-refractivity contribution in [3.8, 4) is 5.75 Å². The standard InChI is InChI=1S/C13H20N2O3/c1-8(2)12(7-16)15-13(17)9-4-10(14)6-11(5-9)18-3/h4-6,8,12,16H,7,14H2,1-3H3,(H,15,17)/t12-/m1/s1. The normalized spacial score (nSPS) is 12.3. The van der Waals surface area contributed by atoms with Crippen molar-refractivity contribution >= 4 is 11.6 Å². The molecule has 1 amide bonds. The van der Waals surface area contributed by atoms with E-state index in [-0.39, 0.29) is 24.5 Å². The summed E-state index contributed by atoms with van der Waals surface area (Å²) in [5, 5.41) is 11.9. The van der Waals surface area contributed by atoms with Crippen molar-refractivity contribution in [2.45, 2.75) is 19.9 Å². The van der Waals surface area contributed by atoms with Crippen molar-refractivity contribution in [1.82, 2.24) is 5.32 Å². The molecule has 0 aliphatic carbocycles. The molecular weight excluding hydrogens is 232 g/mol. The number of aliphatic hydroxyl groups excluding tert-OH is 1. The van der Waals surface area contributed by atoms with Crippen LogP contribution in [0.3, 0.4) is 0 Å². The highest BCUT2D eigenvalue weighted by Crippen LogP contribution is 2.18. The maximum absolute atomic E-state index is 12.0. The molecule has 5 nitrogen and oxygen atoms in total. The van der Waals surface area contributed by atoms with Crippen LogP contribution >= 0.6 is 0 Å². The summed E-state index contributed by atoms with van der Waals surface area (Å²) >= 11 is 0. The maximum atomic E-state index is 12.0. The van der Waals surface area contributed by atoms with Gasteiger partial charge in [-0.3, -0.25) is 4.79 Å². The van der Waals surface area contributed by atoms with Gasteiger partial charge in [-0.2, -0.15) is 0 Å². The molecule has 0 aromatic heterocycles. The summed E-state index contributed by atoms with van der Waals surface area (Å²) in [6.07, 6.45) is 0. The maximum Gasteiger partial charge on any atom is 0.251 e. The average Bonchev–Trinajstić information content (AvgIpc) is 2.34. The summed E-state index contributed by atoms with van der Waals surface area (Å²) in [6, 6.07) is 4.56. The van der Waals surface area contributed by atoms with E-state index in [0.717, 1.165) is 0 Å². The Labute approximate surface area is 107 Å².